The molecule has 0 aliphatic carbocycles. The van der Waals surface area contributed by atoms with Crippen LogP contribution in [0.2, 0.25) is 0 Å². The Bertz CT molecular complexity index is 2030. The molecule has 2 amide bonds. The van der Waals surface area contributed by atoms with Crippen molar-refractivity contribution in [1.82, 2.24) is 14.5 Å². The molecule has 4 aromatic carbocycles. The predicted molar refractivity (Wildman–Crippen MR) is 189 cm³/mol. The summed E-state index contributed by atoms with van der Waals surface area (Å²) in [6.07, 6.45) is 0. The van der Waals surface area contributed by atoms with Crippen LogP contribution in [0.25, 0.3) is 10.9 Å². The molecule has 0 spiro atoms. The zero-order valence-electron chi connectivity index (χ0n) is 27.0. The summed E-state index contributed by atoms with van der Waals surface area (Å²) in [6.45, 7) is 5.55. The molecule has 0 atom stereocenters. The van der Waals surface area contributed by atoms with Gasteiger partial charge in [-0.15, -0.1) is 0 Å². The van der Waals surface area contributed by atoms with Crippen molar-refractivity contribution in [3.8, 4) is 17.2 Å². The van der Waals surface area contributed by atoms with Crippen molar-refractivity contribution in [3.05, 3.63) is 112 Å². The molecule has 2 aliphatic heterocycles. The summed E-state index contributed by atoms with van der Waals surface area (Å²) in [5.74, 6) is 1.49. The predicted octanol–water partition coefficient (Wildman–Crippen LogP) is 5.27. The second-order valence-electron chi connectivity index (χ2n) is 11.6. The summed E-state index contributed by atoms with van der Waals surface area (Å²) in [6, 6.07) is 28.0. The van der Waals surface area contributed by atoms with Gasteiger partial charge in [0, 0.05) is 49.2 Å². The van der Waals surface area contributed by atoms with E-state index in [1.165, 1.54) is 11.8 Å². The van der Waals surface area contributed by atoms with Crippen molar-refractivity contribution >= 4 is 45.9 Å². The number of ether oxygens (including phenoxy) is 3. The Morgan fingerprint density at radius 3 is 2.33 bits per heavy atom. The number of carbonyl (C=O) groups excluding carboxylic acids is 2. The van der Waals surface area contributed by atoms with Gasteiger partial charge in [-0.3, -0.25) is 19.0 Å². The summed E-state index contributed by atoms with van der Waals surface area (Å²) in [5, 5.41) is 3.65. The average Bonchev–Trinajstić information content (AvgIpc) is 3.60. The third-order valence-electron chi connectivity index (χ3n) is 8.42. The lowest BCUT2D eigenvalue weighted by molar-refractivity contribution is -0.113. The molecule has 49 heavy (non-hydrogen) atoms. The van der Waals surface area contributed by atoms with Crippen LogP contribution in [0.3, 0.4) is 0 Å². The van der Waals surface area contributed by atoms with Gasteiger partial charge >= 0.3 is 0 Å². The summed E-state index contributed by atoms with van der Waals surface area (Å²) in [4.78, 5) is 49.2. The summed E-state index contributed by atoms with van der Waals surface area (Å²) in [5.41, 5.74) is 3.39. The van der Waals surface area contributed by atoms with E-state index in [9.17, 15) is 14.4 Å². The van der Waals surface area contributed by atoms with Crippen molar-refractivity contribution in [3.63, 3.8) is 0 Å². The van der Waals surface area contributed by atoms with Crippen molar-refractivity contribution in [2.75, 3.05) is 55.5 Å². The Kier molecular flexibility index (Phi) is 9.38. The number of amides is 2. The molecule has 1 fully saturated rings. The fourth-order valence-corrected chi connectivity index (χ4v) is 6.69. The van der Waals surface area contributed by atoms with E-state index in [4.69, 9.17) is 19.2 Å². The lowest BCUT2D eigenvalue weighted by Gasteiger charge is -2.36. The molecule has 5 aromatic rings. The monoisotopic (exact) mass is 677 g/mol. The van der Waals surface area contributed by atoms with E-state index in [1.54, 1.807) is 53.1 Å². The van der Waals surface area contributed by atoms with Crippen molar-refractivity contribution in [2.45, 2.75) is 18.6 Å². The quantitative estimate of drug-likeness (QED) is 0.156. The normalized spacial score (nSPS) is 13.8. The van der Waals surface area contributed by atoms with Gasteiger partial charge in [0.15, 0.2) is 16.7 Å². The fourth-order valence-electron chi connectivity index (χ4n) is 5.89. The van der Waals surface area contributed by atoms with E-state index >= 15 is 0 Å². The first-order valence-corrected chi connectivity index (χ1v) is 17.1. The third-order valence-corrected chi connectivity index (χ3v) is 9.40. The number of hydrogen-bond acceptors (Lipinski definition) is 9. The van der Waals surface area contributed by atoms with Gasteiger partial charge in [-0.2, -0.15) is 0 Å². The smallest absolute Gasteiger partial charge is 0.262 e. The Labute approximate surface area is 287 Å². The lowest BCUT2D eigenvalue weighted by Crippen LogP contribution is -2.48. The van der Waals surface area contributed by atoms with E-state index in [0.29, 0.717) is 58.5 Å². The second-order valence-corrected chi connectivity index (χ2v) is 12.6. The number of para-hydroxylation sites is 1. The number of fused-ring (bicyclic) bond motifs is 2. The van der Waals surface area contributed by atoms with Crippen LogP contribution in [0.5, 0.6) is 17.2 Å². The van der Waals surface area contributed by atoms with Crippen LogP contribution in [0.1, 0.15) is 22.8 Å². The Morgan fingerprint density at radius 2 is 1.61 bits per heavy atom. The van der Waals surface area contributed by atoms with E-state index in [1.807, 2.05) is 42.2 Å². The van der Waals surface area contributed by atoms with Crippen LogP contribution in [-0.4, -0.2) is 71.6 Å². The Morgan fingerprint density at radius 1 is 0.898 bits per heavy atom. The van der Waals surface area contributed by atoms with E-state index in [2.05, 4.69) is 22.3 Å². The van der Waals surface area contributed by atoms with Crippen LogP contribution >= 0.6 is 11.8 Å². The van der Waals surface area contributed by atoms with Gasteiger partial charge in [0.1, 0.15) is 5.75 Å². The van der Waals surface area contributed by atoms with Gasteiger partial charge in [0.2, 0.25) is 12.7 Å². The van der Waals surface area contributed by atoms with Gasteiger partial charge in [-0.25, -0.2) is 4.98 Å². The molecule has 7 rings (SSSR count). The molecule has 12 heteroatoms. The van der Waals surface area contributed by atoms with Crippen LogP contribution in [0.4, 0.5) is 11.4 Å². The van der Waals surface area contributed by atoms with E-state index in [0.717, 1.165) is 30.1 Å². The number of rotatable bonds is 10. The fraction of sp³-hybridized carbons (Fsp3) is 0.243. The summed E-state index contributed by atoms with van der Waals surface area (Å²) >= 11 is 1.17. The maximum Gasteiger partial charge on any atom is 0.262 e. The van der Waals surface area contributed by atoms with Crippen LogP contribution in [-0.2, 0) is 11.3 Å². The molecule has 1 saturated heterocycles. The number of thioether (sulfide) groups is 1. The van der Waals surface area contributed by atoms with Crippen molar-refractivity contribution in [1.29, 1.82) is 0 Å². The molecular formula is C37H35N5O6S. The van der Waals surface area contributed by atoms with Crippen molar-refractivity contribution in [2.24, 2.45) is 0 Å². The first-order valence-electron chi connectivity index (χ1n) is 16.1. The molecule has 0 radical (unpaired) electrons. The minimum absolute atomic E-state index is 0.0188. The highest BCUT2D eigenvalue weighted by Crippen LogP contribution is 2.35. The maximum absolute atomic E-state index is 13.9. The molecule has 2 aliphatic rings. The summed E-state index contributed by atoms with van der Waals surface area (Å²) in [7, 11) is 0. The SMILES string of the molecule is CCOc1ccc(NC(=O)CSc2nc3cc4c(cc3c(=O)n2Cc2ccc(C(=O)N3CCN(c5ccccc5)CC3)cc2)OCO4)cc1. The minimum Gasteiger partial charge on any atom is -0.494 e. The zero-order valence-corrected chi connectivity index (χ0v) is 27.8. The highest BCUT2D eigenvalue weighted by Gasteiger charge is 2.23. The zero-order chi connectivity index (χ0) is 33.7. The third kappa shape index (κ3) is 7.19. The highest BCUT2D eigenvalue weighted by molar-refractivity contribution is 7.99. The second kappa shape index (κ2) is 14.3. The van der Waals surface area contributed by atoms with E-state index < -0.39 is 0 Å². The molecule has 250 valence electrons. The number of nitrogens with zero attached hydrogens (tertiary/aromatic N) is 4. The van der Waals surface area contributed by atoms with Crippen molar-refractivity contribution < 1.29 is 23.8 Å². The number of hydrogen-bond donors (Lipinski definition) is 1. The summed E-state index contributed by atoms with van der Waals surface area (Å²) < 4.78 is 18.1. The van der Waals surface area contributed by atoms with E-state index in [-0.39, 0.29) is 36.5 Å². The van der Waals surface area contributed by atoms with Crippen LogP contribution in [0, 0.1) is 0 Å². The first kappa shape index (κ1) is 32.1. The minimum atomic E-state index is -0.269. The lowest BCUT2D eigenvalue weighted by atomic mass is 10.1. The standard InChI is InChI=1S/C37H35N5O6S/c1-2-46-29-14-12-27(13-15-29)38-34(43)23-49-37-39-31-21-33-32(47-24-48-33)20-30(31)36(45)42(37)22-25-8-10-26(11-9-25)35(44)41-18-16-40(17-19-41)28-6-4-3-5-7-28/h3-15,20-21H,2,16-19,22-24H2,1H3,(H,38,43). The molecule has 0 unspecified atom stereocenters. The number of aromatic nitrogens is 2. The molecule has 0 saturated carbocycles. The van der Waals surface area contributed by atoms with Crippen LogP contribution < -0.4 is 30.0 Å². The number of nitrogens with one attached hydrogen (secondary N) is 1. The molecular weight excluding hydrogens is 643 g/mol. The van der Waals surface area contributed by atoms with Gasteiger partial charge in [-0.1, -0.05) is 42.1 Å². The number of benzene rings is 4. The molecule has 1 N–H and O–H groups in total. The average molecular weight is 678 g/mol. The van der Waals surface area contributed by atoms with Gasteiger partial charge in [-0.05, 0) is 67.1 Å². The van der Waals surface area contributed by atoms with Gasteiger partial charge in [0.05, 0.1) is 29.8 Å². The maximum atomic E-state index is 13.9. The van der Waals surface area contributed by atoms with Crippen LogP contribution in [0.15, 0.2) is 101 Å². The highest BCUT2D eigenvalue weighted by atomic mass is 32.2. The molecule has 0 bridgehead atoms. The Hall–Kier alpha value is -5.49. The largest absolute Gasteiger partial charge is 0.494 e. The molecule has 1 aromatic heterocycles. The first-order chi connectivity index (χ1) is 23.9. The molecule has 11 nitrogen and oxygen atoms in total. The Balaban J connectivity index is 1.07. The molecule has 3 heterocycles. The number of anilines is 2. The van der Waals surface area contributed by atoms with Gasteiger partial charge < -0.3 is 29.3 Å². The number of carbonyl (C=O) groups is 2. The number of piperazine rings is 1. The topological polar surface area (TPSA) is 115 Å². The van der Waals surface area contributed by atoms with Gasteiger partial charge in [0.25, 0.3) is 11.5 Å².